The zero-order valence-electron chi connectivity index (χ0n) is 10.4. The fourth-order valence-corrected chi connectivity index (χ4v) is 2.00. The van der Waals surface area contributed by atoms with Crippen molar-refractivity contribution >= 4 is 23.2 Å². The standard InChI is InChI=1S/C13H11ClN4O2/c14-10-4-1-8(7-12(10)18(19)20)11-5-6-15-13(17-11)16-9-2-3-9/h1,4-7,9H,2-3H2,(H,15,16,17). The Balaban J connectivity index is 1.95. The summed E-state index contributed by atoms with van der Waals surface area (Å²) in [5, 5.41) is 14.2. The van der Waals surface area contributed by atoms with Gasteiger partial charge in [-0.15, -0.1) is 0 Å². The summed E-state index contributed by atoms with van der Waals surface area (Å²) in [7, 11) is 0. The average molecular weight is 291 g/mol. The van der Waals surface area contributed by atoms with Gasteiger partial charge in [0, 0.05) is 23.9 Å². The largest absolute Gasteiger partial charge is 0.351 e. The lowest BCUT2D eigenvalue weighted by atomic mass is 10.1. The fourth-order valence-electron chi connectivity index (χ4n) is 1.81. The highest BCUT2D eigenvalue weighted by atomic mass is 35.5. The molecule has 1 heterocycles. The molecule has 0 spiro atoms. The number of nitrogens with one attached hydrogen (secondary N) is 1. The number of anilines is 1. The molecule has 0 amide bonds. The van der Waals surface area contributed by atoms with E-state index in [9.17, 15) is 10.1 Å². The van der Waals surface area contributed by atoms with E-state index < -0.39 is 4.92 Å². The van der Waals surface area contributed by atoms with Crippen LogP contribution in [0, 0.1) is 10.1 Å². The smallest absolute Gasteiger partial charge is 0.288 e. The first kappa shape index (κ1) is 12.8. The Kier molecular flexibility index (Phi) is 3.23. The highest BCUT2D eigenvalue weighted by Crippen LogP contribution is 2.30. The molecule has 0 radical (unpaired) electrons. The molecule has 0 unspecified atom stereocenters. The van der Waals surface area contributed by atoms with E-state index in [2.05, 4.69) is 15.3 Å². The molecule has 0 atom stereocenters. The minimum Gasteiger partial charge on any atom is -0.351 e. The second-order valence-electron chi connectivity index (χ2n) is 4.61. The molecule has 0 saturated heterocycles. The van der Waals surface area contributed by atoms with Gasteiger partial charge < -0.3 is 5.32 Å². The molecule has 1 aliphatic carbocycles. The van der Waals surface area contributed by atoms with Crippen LogP contribution in [-0.2, 0) is 0 Å². The molecule has 0 aliphatic heterocycles. The number of hydrogen-bond donors (Lipinski definition) is 1. The molecule has 3 rings (SSSR count). The number of halogens is 1. The molecule has 1 aromatic carbocycles. The van der Waals surface area contributed by atoms with Crippen molar-refractivity contribution in [1.29, 1.82) is 0 Å². The summed E-state index contributed by atoms with van der Waals surface area (Å²) in [5.74, 6) is 0.544. The Morgan fingerprint density at radius 3 is 2.85 bits per heavy atom. The van der Waals surface area contributed by atoms with Crippen molar-refractivity contribution < 1.29 is 4.92 Å². The van der Waals surface area contributed by atoms with Gasteiger partial charge in [0.15, 0.2) is 0 Å². The number of hydrogen-bond acceptors (Lipinski definition) is 5. The van der Waals surface area contributed by atoms with E-state index in [0.29, 0.717) is 23.2 Å². The lowest BCUT2D eigenvalue weighted by Crippen LogP contribution is -2.05. The Morgan fingerprint density at radius 2 is 2.15 bits per heavy atom. The van der Waals surface area contributed by atoms with Crippen LogP contribution in [0.2, 0.25) is 5.02 Å². The van der Waals surface area contributed by atoms with E-state index in [-0.39, 0.29) is 10.7 Å². The zero-order chi connectivity index (χ0) is 14.1. The maximum Gasteiger partial charge on any atom is 0.288 e. The first-order valence-corrected chi connectivity index (χ1v) is 6.55. The monoisotopic (exact) mass is 290 g/mol. The third kappa shape index (κ3) is 2.70. The van der Waals surface area contributed by atoms with E-state index in [0.717, 1.165) is 12.8 Å². The van der Waals surface area contributed by atoms with Gasteiger partial charge in [0.05, 0.1) is 10.6 Å². The molecule has 2 aromatic rings. The Hall–Kier alpha value is -2.21. The summed E-state index contributed by atoms with van der Waals surface area (Å²) in [4.78, 5) is 18.9. The highest BCUT2D eigenvalue weighted by molar-refractivity contribution is 6.32. The molecule has 1 aliphatic rings. The van der Waals surface area contributed by atoms with Gasteiger partial charge in [0.25, 0.3) is 5.69 Å². The lowest BCUT2D eigenvalue weighted by Gasteiger charge is -2.05. The maximum absolute atomic E-state index is 10.9. The molecule has 20 heavy (non-hydrogen) atoms. The van der Waals surface area contributed by atoms with Crippen molar-refractivity contribution in [3.05, 3.63) is 45.6 Å². The van der Waals surface area contributed by atoms with Gasteiger partial charge in [0.2, 0.25) is 5.95 Å². The number of benzene rings is 1. The number of nitro groups is 1. The topological polar surface area (TPSA) is 81.0 Å². The van der Waals surface area contributed by atoms with Crippen LogP contribution in [0.3, 0.4) is 0 Å². The Bertz CT molecular complexity index is 673. The normalized spacial score (nSPS) is 14.1. The SMILES string of the molecule is O=[N+]([O-])c1cc(-c2ccnc(NC3CC3)n2)ccc1Cl. The first-order chi connectivity index (χ1) is 9.63. The maximum atomic E-state index is 10.9. The lowest BCUT2D eigenvalue weighted by molar-refractivity contribution is -0.384. The van der Waals surface area contributed by atoms with Crippen LogP contribution in [0.15, 0.2) is 30.5 Å². The number of aromatic nitrogens is 2. The van der Waals surface area contributed by atoms with Crippen LogP contribution in [0.4, 0.5) is 11.6 Å². The molecular weight excluding hydrogens is 280 g/mol. The summed E-state index contributed by atoms with van der Waals surface area (Å²) >= 11 is 5.80. The summed E-state index contributed by atoms with van der Waals surface area (Å²) in [6.07, 6.45) is 3.88. The minimum atomic E-state index is -0.504. The number of nitro benzene ring substituents is 1. The molecule has 0 bridgehead atoms. The van der Waals surface area contributed by atoms with E-state index in [4.69, 9.17) is 11.6 Å². The summed E-state index contributed by atoms with van der Waals surface area (Å²) in [6.45, 7) is 0. The second kappa shape index (κ2) is 5.05. The van der Waals surface area contributed by atoms with E-state index in [1.165, 1.54) is 12.1 Å². The quantitative estimate of drug-likeness (QED) is 0.690. The van der Waals surface area contributed by atoms with Gasteiger partial charge in [-0.1, -0.05) is 17.7 Å². The number of nitrogens with zero attached hydrogens (tertiary/aromatic N) is 3. The van der Waals surface area contributed by atoms with Crippen molar-refractivity contribution in [3.8, 4) is 11.3 Å². The minimum absolute atomic E-state index is 0.115. The molecule has 7 heteroatoms. The van der Waals surface area contributed by atoms with Crippen LogP contribution in [0.5, 0.6) is 0 Å². The summed E-state index contributed by atoms with van der Waals surface area (Å²) in [5.41, 5.74) is 1.14. The molecule has 102 valence electrons. The predicted molar refractivity (Wildman–Crippen MR) is 75.8 cm³/mol. The van der Waals surface area contributed by atoms with Gasteiger partial charge >= 0.3 is 0 Å². The van der Waals surface area contributed by atoms with Crippen LogP contribution in [0.25, 0.3) is 11.3 Å². The van der Waals surface area contributed by atoms with Crippen LogP contribution < -0.4 is 5.32 Å². The third-order valence-electron chi connectivity index (χ3n) is 3.00. The molecule has 1 N–H and O–H groups in total. The van der Waals surface area contributed by atoms with Crippen molar-refractivity contribution in [1.82, 2.24) is 9.97 Å². The van der Waals surface area contributed by atoms with Crippen LogP contribution in [-0.4, -0.2) is 20.9 Å². The summed E-state index contributed by atoms with van der Waals surface area (Å²) in [6, 6.07) is 6.80. The van der Waals surface area contributed by atoms with Crippen molar-refractivity contribution in [2.24, 2.45) is 0 Å². The molecule has 1 aromatic heterocycles. The first-order valence-electron chi connectivity index (χ1n) is 6.17. The second-order valence-corrected chi connectivity index (χ2v) is 5.01. The van der Waals surface area contributed by atoms with Crippen LogP contribution >= 0.6 is 11.6 Å². The molecule has 1 fully saturated rings. The van der Waals surface area contributed by atoms with Gasteiger partial charge in [-0.25, -0.2) is 9.97 Å². The third-order valence-corrected chi connectivity index (χ3v) is 3.32. The summed E-state index contributed by atoms with van der Waals surface area (Å²) < 4.78 is 0. The zero-order valence-corrected chi connectivity index (χ0v) is 11.2. The Labute approximate surface area is 120 Å². The van der Waals surface area contributed by atoms with Gasteiger partial charge in [-0.3, -0.25) is 10.1 Å². The fraction of sp³-hybridized carbons (Fsp3) is 0.231. The average Bonchev–Trinajstić information content (AvgIpc) is 3.23. The Morgan fingerprint density at radius 1 is 1.35 bits per heavy atom. The van der Waals surface area contributed by atoms with Crippen molar-refractivity contribution in [2.45, 2.75) is 18.9 Å². The number of rotatable bonds is 4. The van der Waals surface area contributed by atoms with Gasteiger partial charge in [0.1, 0.15) is 5.02 Å². The molecular formula is C13H11ClN4O2. The van der Waals surface area contributed by atoms with E-state index in [1.807, 2.05) is 0 Å². The van der Waals surface area contributed by atoms with Crippen molar-refractivity contribution in [2.75, 3.05) is 5.32 Å². The van der Waals surface area contributed by atoms with Crippen molar-refractivity contribution in [3.63, 3.8) is 0 Å². The van der Waals surface area contributed by atoms with Crippen LogP contribution in [0.1, 0.15) is 12.8 Å². The van der Waals surface area contributed by atoms with E-state index >= 15 is 0 Å². The molecule has 6 nitrogen and oxygen atoms in total. The van der Waals surface area contributed by atoms with Gasteiger partial charge in [-0.2, -0.15) is 0 Å². The highest BCUT2D eigenvalue weighted by Gasteiger charge is 2.22. The predicted octanol–water partition coefficient (Wildman–Crippen LogP) is 3.28. The molecule has 1 saturated carbocycles. The van der Waals surface area contributed by atoms with E-state index in [1.54, 1.807) is 18.3 Å². The van der Waals surface area contributed by atoms with Gasteiger partial charge in [-0.05, 0) is 25.0 Å².